The number of carbonyl (C=O) groups excluding carboxylic acids is 1. The maximum absolute atomic E-state index is 12.2. The number of hydrogen-bond acceptors (Lipinski definition) is 3. The van der Waals surface area contributed by atoms with Crippen molar-refractivity contribution in [3.8, 4) is 0 Å². The van der Waals surface area contributed by atoms with Crippen molar-refractivity contribution >= 4 is 5.91 Å². The topological polar surface area (TPSA) is 66.6 Å². The molecule has 0 bridgehead atoms. The Morgan fingerprint density at radius 2 is 2.22 bits per heavy atom. The second-order valence-electron chi connectivity index (χ2n) is 6.57. The molecule has 4 heteroatoms. The predicted octanol–water partition coefficient (Wildman–Crippen LogP) is 0.981. The lowest BCUT2D eigenvalue weighted by Crippen LogP contribution is -2.46. The zero-order valence-corrected chi connectivity index (χ0v) is 11.6. The van der Waals surface area contributed by atoms with E-state index in [1.54, 1.807) is 0 Å². The molecule has 1 spiro atoms. The monoisotopic (exact) mass is 254 g/mol. The van der Waals surface area contributed by atoms with Crippen LogP contribution in [0.1, 0.15) is 39.5 Å². The summed E-state index contributed by atoms with van der Waals surface area (Å²) in [5.41, 5.74) is 6.23. The highest BCUT2D eigenvalue weighted by atomic mass is 16.3. The van der Waals surface area contributed by atoms with Crippen LogP contribution in [0.15, 0.2) is 0 Å². The predicted molar refractivity (Wildman–Crippen MR) is 70.9 cm³/mol. The van der Waals surface area contributed by atoms with E-state index in [-0.39, 0.29) is 23.3 Å². The summed E-state index contributed by atoms with van der Waals surface area (Å²) in [6.07, 6.45) is 4.41. The lowest BCUT2D eigenvalue weighted by Gasteiger charge is -2.26. The standard InChI is InChI=1S/C14H26N2O2/c1-10(2)12(15)13(18)16-6-5-14(9-16)4-3-11(7-14)8-17/h10-12,17H,3-9,15H2,1-2H3/t11-,12-,14-/m0/s1. The summed E-state index contributed by atoms with van der Waals surface area (Å²) in [6.45, 7) is 5.97. The van der Waals surface area contributed by atoms with Gasteiger partial charge >= 0.3 is 0 Å². The fourth-order valence-corrected chi connectivity index (χ4v) is 3.47. The Morgan fingerprint density at radius 1 is 1.50 bits per heavy atom. The van der Waals surface area contributed by atoms with Gasteiger partial charge in [0, 0.05) is 19.7 Å². The number of nitrogens with zero attached hydrogens (tertiary/aromatic N) is 1. The van der Waals surface area contributed by atoms with Gasteiger partial charge in [0.2, 0.25) is 5.91 Å². The van der Waals surface area contributed by atoms with Crippen molar-refractivity contribution in [2.75, 3.05) is 19.7 Å². The number of carbonyl (C=O) groups is 1. The van der Waals surface area contributed by atoms with Crippen molar-refractivity contribution in [1.82, 2.24) is 4.90 Å². The van der Waals surface area contributed by atoms with E-state index in [0.717, 1.165) is 38.8 Å². The van der Waals surface area contributed by atoms with Gasteiger partial charge in [-0.3, -0.25) is 4.79 Å². The normalized spacial score (nSPS) is 33.6. The molecule has 18 heavy (non-hydrogen) atoms. The average molecular weight is 254 g/mol. The summed E-state index contributed by atoms with van der Waals surface area (Å²) >= 11 is 0. The van der Waals surface area contributed by atoms with Crippen molar-refractivity contribution in [2.24, 2.45) is 23.0 Å². The van der Waals surface area contributed by atoms with Crippen molar-refractivity contribution < 1.29 is 9.90 Å². The number of rotatable bonds is 3. The van der Waals surface area contributed by atoms with Crippen molar-refractivity contribution in [1.29, 1.82) is 0 Å². The third-order valence-corrected chi connectivity index (χ3v) is 4.82. The molecular formula is C14H26N2O2. The first-order valence-corrected chi connectivity index (χ1v) is 7.13. The molecule has 2 aliphatic rings. The summed E-state index contributed by atoms with van der Waals surface area (Å²) < 4.78 is 0. The molecule has 2 fully saturated rings. The van der Waals surface area contributed by atoms with Crippen molar-refractivity contribution in [3.63, 3.8) is 0 Å². The van der Waals surface area contributed by atoms with Gasteiger partial charge < -0.3 is 15.7 Å². The molecule has 1 saturated heterocycles. The van der Waals surface area contributed by atoms with E-state index in [1.807, 2.05) is 18.7 Å². The molecule has 4 nitrogen and oxygen atoms in total. The second-order valence-corrected chi connectivity index (χ2v) is 6.57. The van der Waals surface area contributed by atoms with E-state index < -0.39 is 0 Å². The average Bonchev–Trinajstić information content (AvgIpc) is 2.95. The van der Waals surface area contributed by atoms with E-state index in [0.29, 0.717) is 12.5 Å². The van der Waals surface area contributed by atoms with Crippen LogP contribution in [0.4, 0.5) is 0 Å². The summed E-state index contributed by atoms with van der Waals surface area (Å²) in [6, 6.07) is -0.366. The lowest BCUT2D eigenvalue weighted by molar-refractivity contribution is -0.132. The van der Waals surface area contributed by atoms with E-state index in [1.165, 1.54) is 0 Å². The van der Waals surface area contributed by atoms with Gasteiger partial charge in [0.05, 0.1) is 6.04 Å². The summed E-state index contributed by atoms with van der Waals surface area (Å²) in [5.74, 6) is 0.746. The first kappa shape index (κ1) is 13.8. The van der Waals surface area contributed by atoms with Gasteiger partial charge in [-0.05, 0) is 42.9 Å². The minimum absolute atomic E-state index is 0.106. The Labute approximate surface area is 110 Å². The molecule has 3 atom stereocenters. The lowest BCUT2D eigenvalue weighted by atomic mass is 9.84. The largest absolute Gasteiger partial charge is 0.396 e. The first-order chi connectivity index (χ1) is 8.47. The van der Waals surface area contributed by atoms with Crippen LogP contribution in [0, 0.1) is 17.3 Å². The third-order valence-electron chi connectivity index (χ3n) is 4.82. The van der Waals surface area contributed by atoms with Gasteiger partial charge in [-0.25, -0.2) is 0 Å². The van der Waals surface area contributed by atoms with E-state index in [4.69, 9.17) is 5.73 Å². The molecule has 0 radical (unpaired) electrons. The molecule has 3 N–H and O–H groups in total. The van der Waals surface area contributed by atoms with Crippen LogP contribution < -0.4 is 5.73 Å². The highest BCUT2D eigenvalue weighted by molar-refractivity contribution is 5.82. The Hall–Kier alpha value is -0.610. The van der Waals surface area contributed by atoms with Crippen LogP contribution in [0.5, 0.6) is 0 Å². The van der Waals surface area contributed by atoms with Gasteiger partial charge in [-0.1, -0.05) is 13.8 Å². The minimum Gasteiger partial charge on any atom is -0.396 e. The Kier molecular flexibility index (Phi) is 3.97. The fourth-order valence-electron chi connectivity index (χ4n) is 3.47. The van der Waals surface area contributed by atoms with Gasteiger partial charge in [0.25, 0.3) is 0 Å². The number of nitrogens with two attached hydrogens (primary N) is 1. The molecule has 1 amide bonds. The maximum atomic E-state index is 12.2. The molecule has 104 valence electrons. The van der Waals surface area contributed by atoms with E-state index in [9.17, 15) is 9.90 Å². The van der Waals surface area contributed by atoms with E-state index >= 15 is 0 Å². The molecule has 1 saturated carbocycles. The fraction of sp³-hybridized carbons (Fsp3) is 0.929. The summed E-state index contributed by atoms with van der Waals surface area (Å²) in [7, 11) is 0. The van der Waals surface area contributed by atoms with Gasteiger partial charge in [-0.2, -0.15) is 0 Å². The zero-order chi connectivity index (χ0) is 13.3. The van der Waals surface area contributed by atoms with Crippen LogP contribution >= 0.6 is 0 Å². The molecule has 1 aliphatic heterocycles. The number of aliphatic hydroxyl groups is 1. The van der Waals surface area contributed by atoms with Crippen LogP contribution in [-0.2, 0) is 4.79 Å². The molecule has 1 aliphatic carbocycles. The van der Waals surface area contributed by atoms with Crippen molar-refractivity contribution in [3.05, 3.63) is 0 Å². The van der Waals surface area contributed by atoms with E-state index in [2.05, 4.69) is 0 Å². The first-order valence-electron chi connectivity index (χ1n) is 7.13. The number of aliphatic hydroxyl groups excluding tert-OH is 1. The van der Waals surface area contributed by atoms with Gasteiger partial charge in [-0.15, -0.1) is 0 Å². The number of hydrogen-bond donors (Lipinski definition) is 2. The molecule has 0 unspecified atom stereocenters. The summed E-state index contributed by atoms with van der Waals surface area (Å²) in [4.78, 5) is 14.2. The Morgan fingerprint density at radius 3 is 2.78 bits per heavy atom. The zero-order valence-electron chi connectivity index (χ0n) is 11.6. The Bertz CT molecular complexity index is 319. The second kappa shape index (κ2) is 5.17. The van der Waals surface area contributed by atoms with Crippen LogP contribution in [0.2, 0.25) is 0 Å². The quantitative estimate of drug-likeness (QED) is 0.789. The third kappa shape index (κ3) is 2.54. The molecule has 0 aromatic rings. The van der Waals surface area contributed by atoms with Crippen LogP contribution in [0.25, 0.3) is 0 Å². The Balaban J connectivity index is 1.94. The highest BCUT2D eigenvalue weighted by Crippen LogP contribution is 2.48. The SMILES string of the molecule is CC(C)[C@H](N)C(=O)N1CC[C@]2(CC[C@H](CO)C2)C1. The molecule has 1 heterocycles. The summed E-state index contributed by atoms with van der Waals surface area (Å²) in [5, 5.41) is 9.25. The molecule has 2 rings (SSSR count). The molecule has 0 aromatic carbocycles. The maximum Gasteiger partial charge on any atom is 0.239 e. The van der Waals surface area contributed by atoms with Crippen LogP contribution in [0.3, 0.4) is 0 Å². The minimum atomic E-state index is -0.366. The highest BCUT2D eigenvalue weighted by Gasteiger charge is 2.45. The number of likely N-dealkylation sites (tertiary alicyclic amines) is 1. The van der Waals surface area contributed by atoms with Crippen molar-refractivity contribution in [2.45, 2.75) is 45.6 Å². The van der Waals surface area contributed by atoms with Crippen LogP contribution in [-0.4, -0.2) is 41.7 Å². The molecular weight excluding hydrogens is 228 g/mol. The van der Waals surface area contributed by atoms with Gasteiger partial charge in [0.1, 0.15) is 0 Å². The molecule has 0 aromatic heterocycles. The van der Waals surface area contributed by atoms with Gasteiger partial charge in [0.15, 0.2) is 0 Å². The smallest absolute Gasteiger partial charge is 0.239 e. The number of amides is 1.